The van der Waals surface area contributed by atoms with E-state index in [4.69, 9.17) is 0 Å². The Morgan fingerprint density at radius 3 is 3.05 bits per heavy atom. The van der Waals surface area contributed by atoms with Crippen LogP contribution < -0.4 is 5.32 Å². The Morgan fingerprint density at radius 2 is 2.25 bits per heavy atom. The molecule has 1 aromatic carbocycles. The van der Waals surface area contributed by atoms with Gasteiger partial charge in [0.05, 0.1) is 11.7 Å². The van der Waals surface area contributed by atoms with E-state index in [9.17, 15) is 0 Å². The molecule has 1 aliphatic rings. The number of thioether (sulfide) groups is 1. The predicted molar refractivity (Wildman–Crippen MR) is 83.0 cm³/mol. The van der Waals surface area contributed by atoms with Crippen LogP contribution >= 0.6 is 11.8 Å². The average molecular weight is 285 g/mol. The van der Waals surface area contributed by atoms with Crippen LogP contribution in [0.2, 0.25) is 0 Å². The third kappa shape index (κ3) is 2.72. The minimum absolute atomic E-state index is 0.250. The molecule has 0 bridgehead atoms. The lowest BCUT2D eigenvalue weighted by molar-refractivity contribution is 0.460. The van der Waals surface area contributed by atoms with Crippen molar-refractivity contribution in [3.8, 4) is 0 Å². The van der Waals surface area contributed by atoms with Gasteiger partial charge in [-0.1, -0.05) is 25.1 Å². The SMILES string of the molecule is CCCNC(c1cnccn1)C1CSc2ccccc21. The summed E-state index contributed by atoms with van der Waals surface area (Å²) in [6.07, 6.45) is 6.53. The van der Waals surface area contributed by atoms with Crippen LogP contribution in [0.4, 0.5) is 0 Å². The first-order valence-corrected chi connectivity index (χ1v) is 8.09. The zero-order chi connectivity index (χ0) is 13.8. The second-order valence-corrected chi connectivity index (χ2v) is 6.08. The molecule has 2 unspecified atom stereocenters. The second kappa shape index (κ2) is 6.37. The molecule has 1 aromatic heterocycles. The van der Waals surface area contributed by atoms with Crippen molar-refractivity contribution >= 4 is 11.8 Å². The maximum absolute atomic E-state index is 4.52. The lowest BCUT2D eigenvalue weighted by Gasteiger charge is -2.24. The minimum atomic E-state index is 0.250. The number of fused-ring (bicyclic) bond motifs is 1. The maximum atomic E-state index is 4.52. The number of aromatic nitrogens is 2. The number of rotatable bonds is 5. The van der Waals surface area contributed by atoms with Crippen molar-refractivity contribution in [2.24, 2.45) is 0 Å². The molecule has 0 aliphatic carbocycles. The fourth-order valence-electron chi connectivity index (χ4n) is 2.69. The molecule has 2 heterocycles. The van der Waals surface area contributed by atoms with Crippen LogP contribution in [0.5, 0.6) is 0 Å². The van der Waals surface area contributed by atoms with Crippen LogP contribution in [0.3, 0.4) is 0 Å². The van der Waals surface area contributed by atoms with Crippen molar-refractivity contribution in [2.45, 2.75) is 30.2 Å². The topological polar surface area (TPSA) is 37.8 Å². The van der Waals surface area contributed by atoms with Crippen LogP contribution in [0.1, 0.15) is 36.6 Å². The Labute approximate surface area is 124 Å². The first-order valence-electron chi connectivity index (χ1n) is 7.11. The average Bonchev–Trinajstić information content (AvgIpc) is 2.93. The molecular formula is C16H19N3S. The van der Waals surface area contributed by atoms with Gasteiger partial charge >= 0.3 is 0 Å². The molecular weight excluding hydrogens is 266 g/mol. The first kappa shape index (κ1) is 13.6. The highest BCUT2D eigenvalue weighted by molar-refractivity contribution is 7.99. The van der Waals surface area contributed by atoms with Gasteiger partial charge in [0.15, 0.2) is 0 Å². The lowest BCUT2D eigenvalue weighted by atomic mass is 9.91. The van der Waals surface area contributed by atoms with Crippen molar-refractivity contribution in [1.82, 2.24) is 15.3 Å². The lowest BCUT2D eigenvalue weighted by Crippen LogP contribution is -2.29. The molecule has 4 heteroatoms. The van der Waals surface area contributed by atoms with Crippen molar-refractivity contribution in [1.29, 1.82) is 0 Å². The van der Waals surface area contributed by atoms with Gasteiger partial charge in [0.2, 0.25) is 0 Å². The van der Waals surface area contributed by atoms with Gasteiger partial charge in [0.25, 0.3) is 0 Å². The number of hydrogen-bond donors (Lipinski definition) is 1. The molecule has 104 valence electrons. The summed E-state index contributed by atoms with van der Waals surface area (Å²) in [7, 11) is 0. The molecule has 0 fully saturated rings. The molecule has 0 amide bonds. The molecule has 2 aromatic rings. The van der Waals surface area contributed by atoms with E-state index in [1.807, 2.05) is 18.0 Å². The number of nitrogens with zero attached hydrogens (tertiary/aromatic N) is 2. The van der Waals surface area contributed by atoms with E-state index in [-0.39, 0.29) is 6.04 Å². The zero-order valence-electron chi connectivity index (χ0n) is 11.6. The van der Waals surface area contributed by atoms with Crippen molar-refractivity contribution in [3.05, 3.63) is 54.1 Å². The van der Waals surface area contributed by atoms with Gasteiger partial charge in [-0.2, -0.15) is 0 Å². The molecule has 3 rings (SSSR count). The molecule has 0 saturated heterocycles. The first-order chi connectivity index (χ1) is 9.90. The molecule has 1 aliphatic heterocycles. The quantitative estimate of drug-likeness (QED) is 0.913. The highest BCUT2D eigenvalue weighted by Gasteiger charge is 2.31. The van der Waals surface area contributed by atoms with Gasteiger partial charge in [0.1, 0.15) is 0 Å². The minimum Gasteiger partial charge on any atom is -0.308 e. The van der Waals surface area contributed by atoms with E-state index < -0.39 is 0 Å². The third-order valence-electron chi connectivity index (χ3n) is 3.66. The Hall–Kier alpha value is -1.39. The summed E-state index contributed by atoms with van der Waals surface area (Å²) in [5.41, 5.74) is 2.49. The van der Waals surface area contributed by atoms with Crippen LogP contribution in [-0.4, -0.2) is 22.3 Å². The van der Waals surface area contributed by atoms with E-state index in [1.165, 1.54) is 10.5 Å². The van der Waals surface area contributed by atoms with E-state index in [1.54, 1.807) is 12.4 Å². The fraction of sp³-hybridized carbons (Fsp3) is 0.375. The second-order valence-electron chi connectivity index (χ2n) is 5.02. The van der Waals surface area contributed by atoms with Gasteiger partial charge in [0, 0.05) is 35.2 Å². The molecule has 1 N–H and O–H groups in total. The monoisotopic (exact) mass is 285 g/mol. The van der Waals surface area contributed by atoms with Crippen molar-refractivity contribution in [2.75, 3.05) is 12.3 Å². The highest BCUT2D eigenvalue weighted by atomic mass is 32.2. The highest BCUT2D eigenvalue weighted by Crippen LogP contribution is 2.44. The van der Waals surface area contributed by atoms with E-state index in [0.717, 1.165) is 24.4 Å². The van der Waals surface area contributed by atoms with Gasteiger partial charge in [-0.05, 0) is 24.6 Å². The third-order valence-corrected chi connectivity index (χ3v) is 4.86. The number of nitrogens with one attached hydrogen (secondary N) is 1. The predicted octanol–water partition coefficient (Wildman–Crippen LogP) is 3.41. The van der Waals surface area contributed by atoms with Crippen LogP contribution in [0.25, 0.3) is 0 Å². The normalized spacial score (nSPS) is 18.8. The van der Waals surface area contributed by atoms with Crippen LogP contribution in [-0.2, 0) is 0 Å². The summed E-state index contributed by atoms with van der Waals surface area (Å²) < 4.78 is 0. The summed E-state index contributed by atoms with van der Waals surface area (Å²) in [5, 5.41) is 3.65. The molecule has 0 saturated carbocycles. The fourth-order valence-corrected chi connectivity index (χ4v) is 3.98. The summed E-state index contributed by atoms with van der Waals surface area (Å²) >= 11 is 1.94. The largest absolute Gasteiger partial charge is 0.308 e. The Morgan fingerprint density at radius 1 is 1.35 bits per heavy atom. The van der Waals surface area contributed by atoms with Crippen molar-refractivity contribution < 1.29 is 0 Å². The molecule has 0 radical (unpaired) electrons. The van der Waals surface area contributed by atoms with Gasteiger partial charge < -0.3 is 5.32 Å². The number of hydrogen-bond acceptors (Lipinski definition) is 4. The summed E-state index contributed by atoms with van der Waals surface area (Å²) in [6.45, 7) is 3.20. The van der Waals surface area contributed by atoms with Gasteiger partial charge in [-0.3, -0.25) is 9.97 Å². The molecule has 0 spiro atoms. The van der Waals surface area contributed by atoms with Gasteiger partial charge in [-0.15, -0.1) is 11.8 Å². The molecule has 20 heavy (non-hydrogen) atoms. The van der Waals surface area contributed by atoms with E-state index in [2.05, 4.69) is 46.5 Å². The summed E-state index contributed by atoms with van der Waals surface area (Å²) in [5.74, 6) is 1.58. The van der Waals surface area contributed by atoms with Gasteiger partial charge in [-0.25, -0.2) is 0 Å². The van der Waals surface area contributed by atoms with Crippen LogP contribution in [0, 0.1) is 0 Å². The van der Waals surface area contributed by atoms with E-state index >= 15 is 0 Å². The summed E-state index contributed by atoms with van der Waals surface area (Å²) in [4.78, 5) is 10.2. The smallest absolute Gasteiger partial charge is 0.0762 e. The van der Waals surface area contributed by atoms with Crippen molar-refractivity contribution in [3.63, 3.8) is 0 Å². The Balaban J connectivity index is 1.91. The Bertz CT molecular complexity index is 559. The molecule has 2 atom stereocenters. The standard InChI is InChI=1S/C16H19N3S/c1-2-7-19-16(14-10-17-8-9-18-14)13-11-20-15-6-4-3-5-12(13)15/h3-6,8-10,13,16,19H,2,7,11H2,1H3. The van der Waals surface area contributed by atoms with E-state index in [0.29, 0.717) is 5.92 Å². The number of benzene rings is 1. The van der Waals surface area contributed by atoms with Crippen LogP contribution in [0.15, 0.2) is 47.8 Å². The molecule has 3 nitrogen and oxygen atoms in total. The maximum Gasteiger partial charge on any atom is 0.0762 e. The Kier molecular flexibility index (Phi) is 4.33. The zero-order valence-corrected chi connectivity index (χ0v) is 12.4. The summed E-state index contributed by atoms with van der Waals surface area (Å²) in [6, 6.07) is 8.96.